The Hall–Kier alpha value is -2.31. The van der Waals surface area contributed by atoms with Crippen molar-refractivity contribution in [3.05, 3.63) is 65.9 Å². The number of benzene rings is 1. The Morgan fingerprint density at radius 2 is 1.91 bits per heavy atom. The highest BCUT2D eigenvalue weighted by atomic mass is 35.5. The zero-order valence-corrected chi connectivity index (χ0v) is 13.3. The Kier molecular flexibility index (Phi) is 6.19. The average Bonchev–Trinajstić information content (AvgIpc) is 3.24. The lowest BCUT2D eigenvalue weighted by atomic mass is 9.93. The van der Waals surface area contributed by atoms with E-state index in [1.807, 2.05) is 30.3 Å². The van der Waals surface area contributed by atoms with Crippen molar-refractivity contribution in [2.75, 3.05) is 11.9 Å². The largest absolute Gasteiger partial charge is 0.469 e. The molecule has 0 fully saturated rings. The fraction of sp³-hybridized carbons (Fsp3) is 0.250. The average molecular weight is 335 g/mol. The number of anilines is 1. The van der Waals surface area contributed by atoms with Crippen LogP contribution < -0.4 is 11.1 Å². The van der Waals surface area contributed by atoms with Crippen LogP contribution >= 0.6 is 12.4 Å². The highest BCUT2D eigenvalue weighted by Gasteiger charge is 2.16. The minimum absolute atomic E-state index is 0. The molecule has 1 atom stereocenters. The molecule has 2 heterocycles. The van der Waals surface area contributed by atoms with E-state index in [1.165, 1.54) is 5.56 Å². The number of aromatic nitrogens is 2. The maximum Gasteiger partial charge on any atom is 0.315 e. The molecule has 1 unspecified atom stereocenters. The van der Waals surface area contributed by atoms with Crippen molar-refractivity contribution in [3.63, 3.8) is 0 Å². The summed E-state index contributed by atoms with van der Waals surface area (Å²) in [5.41, 5.74) is 6.66. The van der Waals surface area contributed by atoms with Crippen LogP contribution in [0.15, 0.2) is 57.6 Å². The number of hydrogen-bond donors (Lipinski definition) is 2. The molecule has 122 valence electrons. The lowest BCUT2D eigenvalue weighted by Gasteiger charge is -2.15. The molecule has 3 rings (SSSR count). The van der Waals surface area contributed by atoms with Crippen LogP contribution in [0.25, 0.3) is 0 Å². The molecule has 2 aromatic heterocycles. The normalized spacial score (nSPS) is 11.7. The number of furan rings is 1. The van der Waals surface area contributed by atoms with E-state index in [9.17, 15) is 0 Å². The standard InChI is InChI=1S/C16H18N4O2.ClH/c17-11-15-19-20-16(22-15)18-9-8-13(14-7-4-10-21-14)12-5-2-1-3-6-12;/h1-7,10,13H,8-9,11,17H2,(H,18,20);1H. The van der Waals surface area contributed by atoms with Gasteiger partial charge in [0.2, 0.25) is 5.89 Å². The highest BCUT2D eigenvalue weighted by Crippen LogP contribution is 2.28. The molecule has 0 aliphatic heterocycles. The fourth-order valence-electron chi connectivity index (χ4n) is 2.38. The van der Waals surface area contributed by atoms with E-state index in [2.05, 4.69) is 27.6 Å². The molecule has 0 bridgehead atoms. The topological polar surface area (TPSA) is 90.1 Å². The molecular formula is C16H19ClN4O2. The van der Waals surface area contributed by atoms with Gasteiger partial charge in [0.1, 0.15) is 5.76 Å². The summed E-state index contributed by atoms with van der Waals surface area (Å²) >= 11 is 0. The molecule has 7 heteroatoms. The van der Waals surface area contributed by atoms with E-state index < -0.39 is 0 Å². The van der Waals surface area contributed by atoms with Crippen LogP contribution in [-0.4, -0.2) is 16.7 Å². The van der Waals surface area contributed by atoms with Gasteiger partial charge in [0.25, 0.3) is 0 Å². The molecule has 0 aliphatic rings. The van der Waals surface area contributed by atoms with Crippen LogP contribution in [0, 0.1) is 0 Å². The molecule has 0 radical (unpaired) electrons. The van der Waals surface area contributed by atoms with Gasteiger partial charge in [-0.2, -0.15) is 0 Å². The molecular weight excluding hydrogens is 316 g/mol. The molecule has 3 N–H and O–H groups in total. The van der Waals surface area contributed by atoms with E-state index >= 15 is 0 Å². The predicted molar refractivity (Wildman–Crippen MR) is 89.5 cm³/mol. The van der Waals surface area contributed by atoms with Gasteiger partial charge < -0.3 is 19.9 Å². The first-order valence-electron chi connectivity index (χ1n) is 7.21. The van der Waals surface area contributed by atoms with E-state index in [-0.39, 0.29) is 24.9 Å². The quantitative estimate of drug-likeness (QED) is 0.689. The first-order valence-corrected chi connectivity index (χ1v) is 7.21. The van der Waals surface area contributed by atoms with Crippen molar-refractivity contribution in [1.82, 2.24) is 10.2 Å². The van der Waals surface area contributed by atoms with Crippen molar-refractivity contribution in [1.29, 1.82) is 0 Å². The van der Waals surface area contributed by atoms with E-state index in [1.54, 1.807) is 6.26 Å². The van der Waals surface area contributed by atoms with E-state index in [4.69, 9.17) is 14.6 Å². The van der Waals surface area contributed by atoms with Crippen molar-refractivity contribution < 1.29 is 8.83 Å². The smallest absolute Gasteiger partial charge is 0.315 e. The van der Waals surface area contributed by atoms with Crippen molar-refractivity contribution in [3.8, 4) is 0 Å². The fourth-order valence-corrected chi connectivity index (χ4v) is 2.38. The summed E-state index contributed by atoms with van der Waals surface area (Å²) in [5, 5.41) is 10.8. The van der Waals surface area contributed by atoms with Crippen molar-refractivity contribution in [2.24, 2.45) is 5.73 Å². The molecule has 0 spiro atoms. The summed E-state index contributed by atoms with van der Waals surface area (Å²) in [6.45, 7) is 0.931. The summed E-state index contributed by atoms with van der Waals surface area (Å²) in [6, 6.07) is 14.6. The lowest BCUT2D eigenvalue weighted by Crippen LogP contribution is -2.09. The highest BCUT2D eigenvalue weighted by molar-refractivity contribution is 5.85. The molecule has 3 aromatic rings. The Morgan fingerprint density at radius 1 is 1.09 bits per heavy atom. The summed E-state index contributed by atoms with van der Waals surface area (Å²) in [6.07, 6.45) is 2.54. The van der Waals surface area contributed by atoms with Crippen LogP contribution in [0.5, 0.6) is 0 Å². The monoisotopic (exact) mass is 334 g/mol. The van der Waals surface area contributed by atoms with Gasteiger partial charge in [-0.1, -0.05) is 35.4 Å². The Labute approximate surface area is 140 Å². The summed E-state index contributed by atoms with van der Waals surface area (Å²) in [7, 11) is 0. The summed E-state index contributed by atoms with van der Waals surface area (Å²) < 4.78 is 10.9. The number of nitrogens with two attached hydrogens (primary N) is 1. The van der Waals surface area contributed by atoms with Gasteiger partial charge in [-0.3, -0.25) is 0 Å². The van der Waals surface area contributed by atoms with Gasteiger partial charge in [0, 0.05) is 12.5 Å². The number of hydrogen-bond acceptors (Lipinski definition) is 6. The van der Waals surface area contributed by atoms with Gasteiger partial charge in [0.15, 0.2) is 0 Å². The molecule has 23 heavy (non-hydrogen) atoms. The van der Waals surface area contributed by atoms with Gasteiger partial charge in [-0.25, -0.2) is 0 Å². The lowest BCUT2D eigenvalue weighted by molar-refractivity contribution is 0.474. The van der Waals surface area contributed by atoms with Crippen LogP contribution in [0.2, 0.25) is 0 Å². The van der Waals surface area contributed by atoms with Gasteiger partial charge in [0.05, 0.1) is 12.8 Å². The minimum Gasteiger partial charge on any atom is -0.469 e. The Balaban J connectivity index is 0.00000192. The number of halogens is 1. The molecule has 6 nitrogen and oxygen atoms in total. The number of rotatable bonds is 7. The predicted octanol–water partition coefficient (Wildman–Crippen LogP) is 3.18. The van der Waals surface area contributed by atoms with Gasteiger partial charge in [-0.05, 0) is 24.1 Å². The minimum atomic E-state index is 0. The second-order valence-corrected chi connectivity index (χ2v) is 4.90. The molecule has 0 amide bonds. The third kappa shape index (κ3) is 4.34. The second-order valence-electron chi connectivity index (χ2n) is 4.90. The van der Waals surface area contributed by atoms with Crippen LogP contribution in [0.4, 0.5) is 6.01 Å². The maximum atomic E-state index is 5.58. The van der Waals surface area contributed by atoms with Crippen LogP contribution in [-0.2, 0) is 6.54 Å². The Morgan fingerprint density at radius 3 is 2.57 bits per heavy atom. The number of nitrogens with zero attached hydrogens (tertiary/aromatic N) is 2. The van der Waals surface area contributed by atoms with Crippen molar-refractivity contribution in [2.45, 2.75) is 18.9 Å². The molecule has 0 saturated carbocycles. The maximum absolute atomic E-state index is 5.58. The number of nitrogens with one attached hydrogen (secondary N) is 1. The zero-order chi connectivity index (χ0) is 15.2. The van der Waals surface area contributed by atoms with Crippen molar-refractivity contribution >= 4 is 18.4 Å². The first-order chi connectivity index (χ1) is 10.9. The molecule has 0 saturated heterocycles. The van der Waals surface area contributed by atoms with E-state index in [0.29, 0.717) is 18.5 Å². The Bertz CT molecular complexity index is 685. The third-order valence-electron chi connectivity index (χ3n) is 3.44. The second kappa shape index (κ2) is 8.36. The summed E-state index contributed by atoms with van der Waals surface area (Å²) in [4.78, 5) is 0. The SMILES string of the molecule is Cl.NCc1nnc(NCCC(c2ccccc2)c2ccco2)o1. The molecule has 0 aliphatic carbocycles. The summed E-state index contributed by atoms with van der Waals surface area (Å²) in [5.74, 6) is 1.55. The zero-order valence-electron chi connectivity index (χ0n) is 12.5. The van der Waals surface area contributed by atoms with Gasteiger partial charge >= 0.3 is 6.01 Å². The van der Waals surface area contributed by atoms with Crippen LogP contribution in [0.1, 0.15) is 29.6 Å². The van der Waals surface area contributed by atoms with Crippen LogP contribution in [0.3, 0.4) is 0 Å². The van der Waals surface area contributed by atoms with Gasteiger partial charge in [-0.15, -0.1) is 17.5 Å². The van der Waals surface area contributed by atoms with E-state index in [0.717, 1.165) is 12.2 Å². The third-order valence-corrected chi connectivity index (χ3v) is 3.44. The first kappa shape index (κ1) is 17.1. The molecule has 1 aromatic carbocycles.